The molecule has 36 heavy (non-hydrogen) atoms. The van der Waals surface area contributed by atoms with Gasteiger partial charge in [-0.15, -0.1) is 0 Å². The lowest BCUT2D eigenvalue weighted by molar-refractivity contribution is -0.159. The van der Waals surface area contributed by atoms with Gasteiger partial charge in [-0.1, -0.05) is 24.3 Å². The van der Waals surface area contributed by atoms with Crippen molar-refractivity contribution in [2.45, 2.75) is 26.6 Å². The summed E-state index contributed by atoms with van der Waals surface area (Å²) in [7, 11) is 0. The molecule has 4 rings (SSSR count). The summed E-state index contributed by atoms with van der Waals surface area (Å²) < 4.78 is 41.3. The number of benzene rings is 2. The minimum absolute atomic E-state index is 0.556. The maximum absolute atomic E-state index is 13.1. The van der Waals surface area contributed by atoms with E-state index in [0.29, 0.717) is 5.69 Å². The monoisotopic (exact) mass is 503 g/mol. The first-order chi connectivity index (χ1) is 17.0. The SMILES string of the molecule is Cc1cc(CN2CCN(c3ccccc3)CC2)c(C)n1-c1cccc(C(F)(F)F)c1.O=C(O)C(=O)O. The zero-order valence-corrected chi connectivity index (χ0v) is 20.0. The molecule has 0 saturated carbocycles. The molecule has 1 aliphatic heterocycles. The van der Waals surface area contributed by atoms with Crippen LogP contribution >= 0.6 is 0 Å². The van der Waals surface area contributed by atoms with Crippen LogP contribution in [0.2, 0.25) is 0 Å². The number of piperazine rings is 1. The van der Waals surface area contributed by atoms with E-state index in [1.165, 1.54) is 17.8 Å². The molecule has 0 radical (unpaired) electrons. The molecule has 1 fully saturated rings. The molecule has 0 unspecified atom stereocenters. The Hall–Kier alpha value is -3.79. The molecule has 192 valence electrons. The summed E-state index contributed by atoms with van der Waals surface area (Å²) in [5, 5.41) is 14.8. The fourth-order valence-corrected chi connectivity index (χ4v) is 4.25. The minimum Gasteiger partial charge on any atom is -0.473 e. The topological polar surface area (TPSA) is 86.0 Å². The van der Waals surface area contributed by atoms with E-state index in [4.69, 9.17) is 19.8 Å². The fourth-order valence-electron chi connectivity index (χ4n) is 4.25. The van der Waals surface area contributed by atoms with Crippen molar-refractivity contribution in [2.24, 2.45) is 0 Å². The highest BCUT2D eigenvalue weighted by Gasteiger charge is 2.30. The van der Waals surface area contributed by atoms with Gasteiger partial charge in [-0.25, -0.2) is 9.59 Å². The normalized spacial score (nSPS) is 14.2. The third-order valence-corrected chi connectivity index (χ3v) is 6.04. The Bertz CT molecular complexity index is 1190. The van der Waals surface area contributed by atoms with Gasteiger partial charge in [0.25, 0.3) is 0 Å². The maximum Gasteiger partial charge on any atom is 0.416 e. The number of anilines is 1. The quantitative estimate of drug-likeness (QED) is 0.507. The number of aromatic nitrogens is 1. The lowest BCUT2D eigenvalue weighted by atomic mass is 10.2. The van der Waals surface area contributed by atoms with Crippen LogP contribution in [-0.2, 0) is 22.3 Å². The number of hydrogen-bond acceptors (Lipinski definition) is 4. The first-order valence-corrected chi connectivity index (χ1v) is 11.3. The number of carboxylic acids is 2. The fraction of sp³-hybridized carbons (Fsp3) is 0.308. The van der Waals surface area contributed by atoms with Crippen LogP contribution in [0.3, 0.4) is 0 Å². The van der Waals surface area contributed by atoms with Crippen LogP contribution in [0.25, 0.3) is 5.69 Å². The van der Waals surface area contributed by atoms with Gasteiger partial charge in [0.2, 0.25) is 0 Å². The van der Waals surface area contributed by atoms with Gasteiger partial charge in [-0.05, 0) is 55.8 Å². The Morgan fingerprint density at radius 2 is 1.42 bits per heavy atom. The second-order valence-electron chi connectivity index (χ2n) is 8.49. The van der Waals surface area contributed by atoms with Crippen molar-refractivity contribution in [3.05, 3.63) is 83.2 Å². The van der Waals surface area contributed by atoms with Crippen molar-refractivity contribution in [2.75, 3.05) is 31.1 Å². The number of hydrogen-bond donors (Lipinski definition) is 2. The molecular formula is C26H28F3N3O4. The summed E-state index contributed by atoms with van der Waals surface area (Å²) in [5.74, 6) is -3.65. The molecule has 2 aromatic carbocycles. The Morgan fingerprint density at radius 1 is 0.833 bits per heavy atom. The number of carbonyl (C=O) groups is 2. The molecule has 10 heteroatoms. The minimum atomic E-state index is -4.34. The zero-order valence-electron chi connectivity index (χ0n) is 20.0. The van der Waals surface area contributed by atoms with E-state index in [1.54, 1.807) is 6.07 Å². The van der Waals surface area contributed by atoms with E-state index >= 15 is 0 Å². The van der Waals surface area contributed by atoms with E-state index in [-0.39, 0.29) is 0 Å². The standard InChI is InChI=1S/C24H26F3N3.C2H2O4/c1-18-15-20(17-28-11-13-29(14-12-28)22-8-4-3-5-9-22)19(2)30(18)23-10-6-7-21(16-23)24(25,26)27;3-1(4)2(5)6/h3-10,15-16H,11-14,17H2,1-2H3;(H,3,4)(H,5,6). The first kappa shape index (κ1) is 26.8. The van der Waals surface area contributed by atoms with Gasteiger partial charge in [0.05, 0.1) is 5.56 Å². The Kier molecular flexibility index (Phi) is 8.41. The van der Waals surface area contributed by atoms with Crippen molar-refractivity contribution in [3.63, 3.8) is 0 Å². The summed E-state index contributed by atoms with van der Waals surface area (Å²) in [6.45, 7) is 8.60. The third kappa shape index (κ3) is 6.66. The highest BCUT2D eigenvalue weighted by molar-refractivity contribution is 6.27. The second-order valence-corrected chi connectivity index (χ2v) is 8.49. The first-order valence-electron chi connectivity index (χ1n) is 11.3. The molecular weight excluding hydrogens is 475 g/mol. The van der Waals surface area contributed by atoms with Gasteiger partial charge in [0, 0.05) is 55.5 Å². The second kappa shape index (κ2) is 11.3. The summed E-state index contributed by atoms with van der Waals surface area (Å²) in [6.07, 6.45) is -4.34. The molecule has 3 aromatic rings. The molecule has 0 atom stereocenters. The highest BCUT2D eigenvalue weighted by atomic mass is 19.4. The van der Waals surface area contributed by atoms with Crippen molar-refractivity contribution in [1.29, 1.82) is 0 Å². The molecule has 1 aromatic heterocycles. The highest BCUT2D eigenvalue weighted by Crippen LogP contribution is 2.31. The lowest BCUT2D eigenvalue weighted by Gasteiger charge is -2.36. The average Bonchev–Trinajstić information content (AvgIpc) is 3.12. The van der Waals surface area contributed by atoms with Crippen LogP contribution in [0, 0.1) is 13.8 Å². The molecule has 2 heterocycles. The number of para-hydroxylation sites is 1. The van der Waals surface area contributed by atoms with Crippen LogP contribution in [0.1, 0.15) is 22.5 Å². The largest absolute Gasteiger partial charge is 0.473 e. The van der Waals surface area contributed by atoms with E-state index in [2.05, 4.69) is 40.1 Å². The van der Waals surface area contributed by atoms with Gasteiger partial charge in [-0.2, -0.15) is 13.2 Å². The number of carboxylic acid groups (broad SMARTS) is 2. The number of alkyl halides is 3. The molecule has 0 spiro atoms. The number of rotatable bonds is 4. The van der Waals surface area contributed by atoms with E-state index in [1.807, 2.05) is 24.5 Å². The maximum atomic E-state index is 13.1. The van der Waals surface area contributed by atoms with E-state index in [9.17, 15) is 13.2 Å². The summed E-state index contributed by atoms with van der Waals surface area (Å²) in [5.41, 5.74) is 4.30. The Balaban J connectivity index is 0.000000538. The number of aliphatic carboxylic acids is 2. The molecule has 7 nitrogen and oxygen atoms in total. The molecule has 0 aliphatic carbocycles. The van der Waals surface area contributed by atoms with E-state index < -0.39 is 23.7 Å². The summed E-state index contributed by atoms with van der Waals surface area (Å²) in [4.78, 5) is 23.0. The number of aryl methyl sites for hydroxylation is 1. The number of halogens is 3. The molecule has 0 amide bonds. The van der Waals surface area contributed by atoms with Crippen LogP contribution in [0.15, 0.2) is 60.7 Å². The van der Waals surface area contributed by atoms with Gasteiger partial charge in [-0.3, -0.25) is 4.90 Å². The number of nitrogens with zero attached hydrogens (tertiary/aromatic N) is 3. The van der Waals surface area contributed by atoms with Crippen molar-refractivity contribution >= 4 is 17.6 Å². The van der Waals surface area contributed by atoms with Crippen molar-refractivity contribution in [1.82, 2.24) is 9.47 Å². The molecule has 1 aliphatic rings. The summed E-state index contributed by atoms with van der Waals surface area (Å²) >= 11 is 0. The van der Waals surface area contributed by atoms with Crippen LogP contribution in [0.4, 0.5) is 18.9 Å². The Labute approximate surface area is 207 Å². The van der Waals surface area contributed by atoms with Crippen LogP contribution in [-0.4, -0.2) is 57.8 Å². The summed E-state index contributed by atoms with van der Waals surface area (Å²) in [6, 6.07) is 18.1. The predicted molar refractivity (Wildman–Crippen MR) is 129 cm³/mol. The average molecular weight is 504 g/mol. The smallest absolute Gasteiger partial charge is 0.416 e. The predicted octanol–water partition coefficient (Wildman–Crippen LogP) is 4.59. The van der Waals surface area contributed by atoms with E-state index in [0.717, 1.165) is 55.7 Å². The molecule has 0 bridgehead atoms. The van der Waals surface area contributed by atoms with Crippen LogP contribution in [0.5, 0.6) is 0 Å². The van der Waals surface area contributed by atoms with Crippen LogP contribution < -0.4 is 4.90 Å². The third-order valence-electron chi connectivity index (χ3n) is 6.04. The van der Waals surface area contributed by atoms with Gasteiger partial charge in [0.15, 0.2) is 0 Å². The van der Waals surface area contributed by atoms with Gasteiger partial charge >= 0.3 is 18.1 Å². The Morgan fingerprint density at radius 3 is 1.97 bits per heavy atom. The lowest BCUT2D eigenvalue weighted by Crippen LogP contribution is -2.46. The molecule has 2 N–H and O–H groups in total. The van der Waals surface area contributed by atoms with Gasteiger partial charge < -0.3 is 19.7 Å². The zero-order chi connectivity index (χ0) is 26.5. The van der Waals surface area contributed by atoms with Crippen molar-refractivity contribution < 1.29 is 33.0 Å². The van der Waals surface area contributed by atoms with Gasteiger partial charge in [0.1, 0.15) is 0 Å². The van der Waals surface area contributed by atoms with Crippen molar-refractivity contribution in [3.8, 4) is 5.69 Å². The molecule has 1 saturated heterocycles.